The minimum Gasteiger partial charge on any atom is -0.326 e. The van der Waals surface area contributed by atoms with Gasteiger partial charge < -0.3 is 10.3 Å². The molecule has 1 aromatic rings. The van der Waals surface area contributed by atoms with Crippen LogP contribution in [0.3, 0.4) is 0 Å². The zero-order chi connectivity index (χ0) is 8.39. The van der Waals surface area contributed by atoms with Crippen LogP contribution in [0.25, 0.3) is 0 Å². The Bertz CT molecular complexity index is 231. The minimum absolute atomic E-state index is 0.287. The fraction of sp³-hybridized carbons (Fsp3) is 0.750. The lowest BCUT2D eigenvalue weighted by molar-refractivity contribution is 0.305. The number of hydrogen-bond donors (Lipinski definition) is 1. The summed E-state index contributed by atoms with van der Waals surface area (Å²) in [5.74, 6) is 0. The van der Waals surface area contributed by atoms with Crippen molar-refractivity contribution >= 4 is 0 Å². The molecule has 2 unspecified atom stereocenters. The van der Waals surface area contributed by atoms with Crippen LogP contribution < -0.4 is 5.73 Å². The summed E-state index contributed by atoms with van der Waals surface area (Å²) >= 11 is 0. The van der Waals surface area contributed by atoms with Gasteiger partial charge in [0, 0.05) is 6.04 Å². The highest BCUT2D eigenvalue weighted by molar-refractivity contribution is 4.84. The molecule has 0 saturated heterocycles. The van der Waals surface area contributed by atoms with Crippen LogP contribution in [0, 0.1) is 0 Å². The van der Waals surface area contributed by atoms with E-state index in [9.17, 15) is 0 Å². The van der Waals surface area contributed by atoms with E-state index in [4.69, 9.17) is 5.73 Å². The molecule has 1 heterocycles. The molecule has 2 N–H and O–H groups in total. The fourth-order valence-corrected chi connectivity index (χ4v) is 1.89. The van der Waals surface area contributed by atoms with Gasteiger partial charge in [-0.3, -0.25) is 0 Å². The highest BCUT2D eigenvalue weighted by Crippen LogP contribution is 2.26. The van der Waals surface area contributed by atoms with Gasteiger partial charge in [0.1, 0.15) is 12.7 Å². The van der Waals surface area contributed by atoms with E-state index in [1.807, 2.05) is 4.57 Å². The van der Waals surface area contributed by atoms with Gasteiger partial charge in [-0.1, -0.05) is 12.8 Å². The lowest BCUT2D eigenvalue weighted by Gasteiger charge is -2.28. The van der Waals surface area contributed by atoms with Crippen LogP contribution in [0.15, 0.2) is 12.7 Å². The first-order valence-electron chi connectivity index (χ1n) is 4.47. The van der Waals surface area contributed by atoms with Crippen LogP contribution in [-0.4, -0.2) is 20.8 Å². The summed E-state index contributed by atoms with van der Waals surface area (Å²) in [6.45, 7) is 0. The number of nitrogens with two attached hydrogens (primary N) is 1. The Labute approximate surface area is 71.8 Å². The van der Waals surface area contributed by atoms with Crippen molar-refractivity contribution in [3.63, 3.8) is 0 Å². The van der Waals surface area contributed by atoms with E-state index in [0.29, 0.717) is 6.04 Å². The van der Waals surface area contributed by atoms with Crippen molar-refractivity contribution in [3.05, 3.63) is 12.7 Å². The summed E-state index contributed by atoms with van der Waals surface area (Å²) in [7, 11) is 0. The molecule has 2 rings (SSSR count). The minimum atomic E-state index is 0.287. The van der Waals surface area contributed by atoms with Crippen LogP contribution in [0.1, 0.15) is 31.7 Å². The maximum absolute atomic E-state index is 5.99. The van der Waals surface area contributed by atoms with E-state index in [1.165, 1.54) is 19.3 Å². The van der Waals surface area contributed by atoms with Crippen LogP contribution >= 0.6 is 0 Å². The standard InChI is InChI=1S/C8H14N4/c9-7-3-1-2-4-8(7)12-5-10-11-6-12/h5-8H,1-4,9H2. The third kappa shape index (κ3) is 1.34. The molecular weight excluding hydrogens is 152 g/mol. The van der Waals surface area contributed by atoms with Crippen molar-refractivity contribution in [2.45, 2.75) is 37.8 Å². The Kier molecular flexibility index (Phi) is 2.08. The second kappa shape index (κ2) is 3.23. The summed E-state index contributed by atoms with van der Waals surface area (Å²) in [5.41, 5.74) is 5.99. The molecule has 2 atom stereocenters. The smallest absolute Gasteiger partial charge is 0.119 e. The molecule has 66 valence electrons. The van der Waals surface area contributed by atoms with E-state index in [2.05, 4.69) is 10.2 Å². The van der Waals surface area contributed by atoms with Gasteiger partial charge in [0.25, 0.3) is 0 Å². The molecule has 12 heavy (non-hydrogen) atoms. The van der Waals surface area contributed by atoms with Gasteiger partial charge in [0.15, 0.2) is 0 Å². The average molecular weight is 166 g/mol. The van der Waals surface area contributed by atoms with Crippen molar-refractivity contribution in [1.29, 1.82) is 0 Å². The second-order valence-electron chi connectivity index (χ2n) is 3.42. The molecule has 1 fully saturated rings. The highest BCUT2D eigenvalue weighted by Gasteiger charge is 2.22. The summed E-state index contributed by atoms with van der Waals surface area (Å²) in [6.07, 6.45) is 8.35. The number of nitrogens with zero attached hydrogens (tertiary/aromatic N) is 3. The van der Waals surface area contributed by atoms with E-state index < -0.39 is 0 Å². The third-order valence-electron chi connectivity index (χ3n) is 2.60. The molecule has 1 aromatic heterocycles. The topological polar surface area (TPSA) is 56.7 Å². The van der Waals surface area contributed by atoms with Crippen LogP contribution in [0.4, 0.5) is 0 Å². The molecule has 1 aliphatic carbocycles. The Morgan fingerprint density at radius 2 is 1.83 bits per heavy atom. The molecule has 0 spiro atoms. The zero-order valence-corrected chi connectivity index (χ0v) is 7.06. The lowest BCUT2D eigenvalue weighted by atomic mass is 9.91. The van der Waals surface area contributed by atoms with Crippen molar-refractivity contribution in [1.82, 2.24) is 14.8 Å². The number of rotatable bonds is 1. The summed E-state index contributed by atoms with van der Waals surface area (Å²) in [5, 5.41) is 7.58. The Morgan fingerprint density at radius 3 is 2.50 bits per heavy atom. The first-order chi connectivity index (χ1) is 5.88. The van der Waals surface area contributed by atoms with Gasteiger partial charge in [0.05, 0.1) is 6.04 Å². The van der Waals surface area contributed by atoms with E-state index >= 15 is 0 Å². The average Bonchev–Trinajstić information content (AvgIpc) is 2.57. The van der Waals surface area contributed by atoms with Crippen molar-refractivity contribution in [3.8, 4) is 0 Å². The quantitative estimate of drug-likeness (QED) is 0.668. The van der Waals surface area contributed by atoms with Crippen molar-refractivity contribution < 1.29 is 0 Å². The van der Waals surface area contributed by atoms with Crippen molar-refractivity contribution in [2.24, 2.45) is 5.73 Å². The number of hydrogen-bond acceptors (Lipinski definition) is 3. The highest BCUT2D eigenvalue weighted by atomic mass is 15.2. The Hall–Kier alpha value is -0.900. The molecule has 4 heteroatoms. The molecule has 0 amide bonds. The van der Waals surface area contributed by atoms with Gasteiger partial charge >= 0.3 is 0 Å². The fourth-order valence-electron chi connectivity index (χ4n) is 1.89. The normalized spacial score (nSPS) is 30.4. The van der Waals surface area contributed by atoms with E-state index in [1.54, 1.807) is 12.7 Å². The first-order valence-corrected chi connectivity index (χ1v) is 4.47. The third-order valence-corrected chi connectivity index (χ3v) is 2.60. The van der Waals surface area contributed by atoms with E-state index in [-0.39, 0.29) is 6.04 Å². The van der Waals surface area contributed by atoms with Crippen LogP contribution in [0.5, 0.6) is 0 Å². The number of aromatic nitrogens is 3. The molecule has 1 aliphatic rings. The first kappa shape index (κ1) is 7.73. The van der Waals surface area contributed by atoms with Crippen molar-refractivity contribution in [2.75, 3.05) is 0 Å². The largest absolute Gasteiger partial charge is 0.326 e. The zero-order valence-electron chi connectivity index (χ0n) is 7.06. The molecule has 1 saturated carbocycles. The van der Waals surface area contributed by atoms with E-state index in [0.717, 1.165) is 6.42 Å². The molecule has 0 bridgehead atoms. The maximum atomic E-state index is 5.99. The molecule has 0 radical (unpaired) electrons. The molecular formula is C8H14N4. The Balaban J connectivity index is 2.11. The molecule has 0 aromatic carbocycles. The van der Waals surface area contributed by atoms with Gasteiger partial charge in [0.2, 0.25) is 0 Å². The predicted octanol–water partition coefficient (Wildman–Crippen LogP) is 0.720. The molecule has 0 aliphatic heterocycles. The van der Waals surface area contributed by atoms with Gasteiger partial charge in [-0.15, -0.1) is 10.2 Å². The lowest BCUT2D eigenvalue weighted by Crippen LogP contribution is -2.34. The monoisotopic (exact) mass is 166 g/mol. The predicted molar refractivity (Wildman–Crippen MR) is 45.5 cm³/mol. The summed E-state index contributed by atoms with van der Waals surface area (Å²) in [4.78, 5) is 0. The van der Waals surface area contributed by atoms with Gasteiger partial charge in [-0.05, 0) is 12.8 Å². The van der Waals surface area contributed by atoms with Gasteiger partial charge in [-0.2, -0.15) is 0 Å². The second-order valence-corrected chi connectivity index (χ2v) is 3.42. The summed E-state index contributed by atoms with van der Waals surface area (Å²) in [6, 6.07) is 0.712. The van der Waals surface area contributed by atoms with Crippen LogP contribution in [0.2, 0.25) is 0 Å². The van der Waals surface area contributed by atoms with Gasteiger partial charge in [-0.25, -0.2) is 0 Å². The molecule has 4 nitrogen and oxygen atoms in total. The van der Waals surface area contributed by atoms with Crippen LogP contribution in [-0.2, 0) is 0 Å². The SMILES string of the molecule is NC1CCCCC1n1cnnc1. The summed E-state index contributed by atoms with van der Waals surface area (Å²) < 4.78 is 2.03. The Morgan fingerprint density at radius 1 is 1.17 bits per heavy atom. The maximum Gasteiger partial charge on any atom is 0.119 e.